The van der Waals surface area contributed by atoms with Crippen LogP contribution in [0.1, 0.15) is 11.6 Å². The van der Waals surface area contributed by atoms with E-state index < -0.39 is 17.8 Å². The Kier molecular flexibility index (Phi) is 3.28. The summed E-state index contributed by atoms with van der Waals surface area (Å²) in [7, 11) is 4.86. The molecule has 1 aromatic carbocycles. The van der Waals surface area contributed by atoms with Crippen LogP contribution in [0.5, 0.6) is 0 Å². The molecule has 0 fully saturated rings. The Labute approximate surface area is 82.3 Å². The second kappa shape index (κ2) is 4.46. The van der Waals surface area contributed by atoms with E-state index in [1.807, 2.05) is 0 Å². The number of carboxylic acid groups (broad SMARTS) is 1. The van der Waals surface area contributed by atoms with Gasteiger partial charge in [-0.3, -0.25) is 4.79 Å². The Balaban J connectivity index is 2.89. The largest absolute Gasteiger partial charge is 0.479 e. The predicted octanol–water partition coefficient (Wildman–Crippen LogP) is 0.690. The molecular formula is C9H8BNO3. The second-order valence-electron chi connectivity index (χ2n) is 2.69. The lowest BCUT2D eigenvalue weighted by atomic mass is 10.0. The van der Waals surface area contributed by atoms with E-state index in [1.165, 1.54) is 0 Å². The Hall–Kier alpha value is -1.78. The summed E-state index contributed by atoms with van der Waals surface area (Å²) in [6, 6.07) is 7.26. The van der Waals surface area contributed by atoms with Gasteiger partial charge in [-0.05, 0) is 5.56 Å². The molecule has 0 heterocycles. The third-order valence-corrected chi connectivity index (χ3v) is 1.67. The van der Waals surface area contributed by atoms with Gasteiger partial charge in [-0.2, -0.15) is 0 Å². The van der Waals surface area contributed by atoms with E-state index in [0.717, 1.165) is 0 Å². The fourth-order valence-electron chi connectivity index (χ4n) is 1.08. The highest BCUT2D eigenvalue weighted by Gasteiger charge is 2.19. The summed E-state index contributed by atoms with van der Waals surface area (Å²) in [5.41, 5.74) is 0.485. The Morgan fingerprint density at radius 3 is 2.29 bits per heavy atom. The van der Waals surface area contributed by atoms with E-state index in [2.05, 4.69) is 5.32 Å². The second-order valence-corrected chi connectivity index (χ2v) is 2.69. The van der Waals surface area contributed by atoms with Crippen LogP contribution in [0, 0.1) is 0 Å². The topological polar surface area (TPSA) is 66.4 Å². The van der Waals surface area contributed by atoms with Gasteiger partial charge in [0.1, 0.15) is 0 Å². The third kappa shape index (κ3) is 2.62. The highest BCUT2D eigenvalue weighted by atomic mass is 16.4. The summed E-state index contributed by atoms with van der Waals surface area (Å²) in [5.74, 6) is -2.00. The van der Waals surface area contributed by atoms with Gasteiger partial charge in [0.2, 0.25) is 7.85 Å². The SMILES string of the molecule is [B]C(=O)NC(C(=O)O)c1ccccc1. The van der Waals surface area contributed by atoms with Crippen molar-refractivity contribution >= 4 is 19.6 Å². The number of rotatable bonds is 3. The lowest BCUT2D eigenvalue weighted by Gasteiger charge is -2.13. The molecule has 1 atom stereocenters. The van der Waals surface area contributed by atoms with E-state index in [0.29, 0.717) is 5.56 Å². The van der Waals surface area contributed by atoms with Crippen molar-refractivity contribution in [2.75, 3.05) is 0 Å². The van der Waals surface area contributed by atoms with Crippen LogP contribution >= 0.6 is 0 Å². The predicted molar refractivity (Wildman–Crippen MR) is 51.1 cm³/mol. The fraction of sp³-hybridized carbons (Fsp3) is 0.111. The van der Waals surface area contributed by atoms with Crippen molar-refractivity contribution in [2.45, 2.75) is 6.04 Å². The Bertz CT molecular complexity index is 339. The number of aliphatic carboxylic acids is 1. The summed E-state index contributed by atoms with van der Waals surface area (Å²) in [4.78, 5) is 21.3. The lowest BCUT2D eigenvalue weighted by Crippen LogP contribution is -2.32. The summed E-state index contributed by atoms with van der Waals surface area (Å²) in [6.45, 7) is 0. The summed E-state index contributed by atoms with van der Waals surface area (Å²) >= 11 is 0. The molecular weight excluding hydrogens is 181 g/mol. The van der Waals surface area contributed by atoms with Gasteiger partial charge in [-0.15, -0.1) is 0 Å². The average molecular weight is 189 g/mol. The molecule has 14 heavy (non-hydrogen) atoms. The molecule has 0 aromatic heterocycles. The van der Waals surface area contributed by atoms with Crippen LogP contribution in [0.15, 0.2) is 30.3 Å². The molecule has 1 amide bonds. The standard InChI is InChI=1S/C9H8BNO3/c10-9(14)11-7(8(12)13)6-4-2-1-3-5-6/h1-5,7H,(H,11,14)(H,12,13). The first kappa shape index (κ1) is 10.3. The van der Waals surface area contributed by atoms with Crippen molar-refractivity contribution in [3.05, 3.63) is 35.9 Å². The molecule has 2 N–H and O–H groups in total. The minimum absolute atomic E-state index is 0.485. The van der Waals surface area contributed by atoms with Crippen molar-refractivity contribution in [2.24, 2.45) is 0 Å². The Morgan fingerprint density at radius 1 is 1.29 bits per heavy atom. The highest BCUT2D eigenvalue weighted by molar-refractivity contribution is 6.57. The molecule has 0 bridgehead atoms. The van der Waals surface area contributed by atoms with Gasteiger partial charge in [0.05, 0.1) is 0 Å². The molecule has 0 aliphatic carbocycles. The van der Waals surface area contributed by atoms with E-state index in [-0.39, 0.29) is 0 Å². The van der Waals surface area contributed by atoms with Gasteiger partial charge in [0, 0.05) is 0 Å². The molecule has 1 unspecified atom stereocenters. The molecule has 1 rings (SSSR count). The number of nitrogens with one attached hydrogen (secondary N) is 1. The first-order valence-corrected chi connectivity index (χ1v) is 3.95. The first-order valence-electron chi connectivity index (χ1n) is 3.95. The van der Waals surface area contributed by atoms with Crippen LogP contribution in [-0.2, 0) is 4.79 Å². The van der Waals surface area contributed by atoms with Gasteiger partial charge in [0.25, 0.3) is 0 Å². The Morgan fingerprint density at radius 2 is 1.86 bits per heavy atom. The molecule has 0 aliphatic rings. The van der Waals surface area contributed by atoms with Crippen molar-refractivity contribution in [3.63, 3.8) is 0 Å². The number of benzene rings is 1. The molecule has 0 spiro atoms. The van der Waals surface area contributed by atoms with Gasteiger partial charge in [0.15, 0.2) is 11.8 Å². The van der Waals surface area contributed by atoms with Crippen molar-refractivity contribution in [1.29, 1.82) is 0 Å². The van der Waals surface area contributed by atoms with E-state index in [9.17, 15) is 9.59 Å². The van der Waals surface area contributed by atoms with E-state index in [1.54, 1.807) is 30.3 Å². The molecule has 0 saturated carbocycles. The van der Waals surface area contributed by atoms with Crippen LogP contribution in [0.25, 0.3) is 0 Å². The summed E-state index contributed by atoms with van der Waals surface area (Å²) < 4.78 is 0. The zero-order chi connectivity index (χ0) is 10.6. The minimum Gasteiger partial charge on any atom is -0.479 e. The number of carbonyl (C=O) groups excluding carboxylic acids is 1. The summed E-state index contributed by atoms with van der Waals surface area (Å²) in [6.07, 6.45) is 0. The van der Waals surface area contributed by atoms with Crippen LogP contribution in [-0.4, -0.2) is 24.7 Å². The molecule has 5 heteroatoms. The monoisotopic (exact) mass is 189 g/mol. The zero-order valence-corrected chi connectivity index (χ0v) is 7.31. The van der Waals surface area contributed by atoms with Crippen LogP contribution in [0.4, 0.5) is 4.79 Å². The van der Waals surface area contributed by atoms with Gasteiger partial charge < -0.3 is 10.4 Å². The molecule has 2 radical (unpaired) electrons. The van der Waals surface area contributed by atoms with Crippen LogP contribution in [0.3, 0.4) is 0 Å². The number of amides is 1. The van der Waals surface area contributed by atoms with Crippen LogP contribution < -0.4 is 5.32 Å². The molecule has 4 nitrogen and oxygen atoms in total. The maximum atomic E-state index is 10.8. The average Bonchev–Trinajstić information content (AvgIpc) is 2.15. The molecule has 0 saturated heterocycles. The van der Waals surface area contributed by atoms with Crippen LogP contribution in [0.2, 0.25) is 0 Å². The molecule has 1 aromatic rings. The smallest absolute Gasteiger partial charge is 0.330 e. The first-order chi connectivity index (χ1) is 6.61. The number of hydrogen-bond donors (Lipinski definition) is 2. The maximum Gasteiger partial charge on any atom is 0.330 e. The third-order valence-electron chi connectivity index (χ3n) is 1.67. The highest BCUT2D eigenvalue weighted by Crippen LogP contribution is 2.11. The van der Waals surface area contributed by atoms with Crippen molar-refractivity contribution in [1.82, 2.24) is 5.32 Å². The number of hydrogen-bond acceptors (Lipinski definition) is 2. The minimum atomic E-state index is -1.14. The van der Waals surface area contributed by atoms with Crippen molar-refractivity contribution in [3.8, 4) is 0 Å². The number of carbonyl (C=O) groups is 2. The zero-order valence-electron chi connectivity index (χ0n) is 7.31. The quantitative estimate of drug-likeness (QED) is 0.687. The maximum absolute atomic E-state index is 10.8. The molecule has 0 aliphatic heterocycles. The van der Waals surface area contributed by atoms with E-state index >= 15 is 0 Å². The molecule has 70 valence electrons. The van der Waals surface area contributed by atoms with E-state index in [4.69, 9.17) is 13.0 Å². The van der Waals surface area contributed by atoms with Gasteiger partial charge >= 0.3 is 5.97 Å². The lowest BCUT2D eigenvalue weighted by molar-refractivity contribution is -0.139. The number of carboxylic acids is 1. The summed E-state index contributed by atoms with van der Waals surface area (Å²) in [5, 5.41) is 10.9. The van der Waals surface area contributed by atoms with Gasteiger partial charge in [-0.25, -0.2) is 4.79 Å². The normalized spacial score (nSPS) is 11.7. The fourth-order valence-corrected chi connectivity index (χ4v) is 1.08. The van der Waals surface area contributed by atoms with Crippen molar-refractivity contribution < 1.29 is 14.7 Å². The van der Waals surface area contributed by atoms with Gasteiger partial charge in [-0.1, -0.05) is 30.3 Å².